The lowest BCUT2D eigenvalue weighted by atomic mass is 10.0. The maximum absolute atomic E-state index is 12.7. The molecule has 1 heterocycles. The minimum Gasteiger partial charge on any atom is -0.507 e. The highest BCUT2D eigenvalue weighted by Gasteiger charge is 2.23. The minimum absolute atomic E-state index is 0.00659. The molecule has 0 aliphatic carbocycles. The summed E-state index contributed by atoms with van der Waals surface area (Å²) in [5, 5.41) is 21.1. The number of phenols is 2. The lowest BCUT2D eigenvalue weighted by Crippen LogP contribution is -2.14. The number of benzene rings is 3. The second-order valence-electron chi connectivity index (χ2n) is 6.29. The normalized spacial score (nSPS) is 10.6. The van der Waals surface area contributed by atoms with Gasteiger partial charge in [0.2, 0.25) is 0 Å². The average molecular weight is 385 g/mol. The Labute approximate surface area is 165 Å². The molecule has 0 aliphatic heterocycles. The molecule has 0 radical (unpaired) electrons. The van der Waals surface area contributed by atoms with E-state index in [1.165, 1.54) is 24.3 Å². The highest BCUT2D eigenvalue weighted by molar-refractivity contribution is 6.07. The van der Waals surface area contributed by atoms with Crippen molar-refractivity contribution >= 4 is 22.8 Å². The number of carbonyl (C=O) groups excluding carboxylic acids is 2. The molecule has 6 heteroatoms. The first-order valence-corrected chi connectivity index (χ1v) is 8.77. The van der Waals surface area contributed by atoms with Crippen LogP contribution < -0.4 is 0 Å². The second-order valence-corrected chi connectivity index (χ2v) is 6.29. The maximum Gasteiger partial charge on any atom is 0.350 e. The molecule has 0 amide bonds. The minimum atomic E-state index is -0.994. The van der Waals surface area contributed by atoms with Gasteiger partial charge in [0.1, 0.15) is 22.6 Å². The summed E-state index contributed by atoms with van der Waals surface area (Å²) >= 11 is 0. The monoisotopic (exact) mass is 385 g/mol. The molecule has 29 heavy (non-hydrogen) atoms. The number of phenolic OH excluding ortho intramolecular Hbond substituents is 2. The number of hydrogen-bond donors (Lipinski definition) is 2. The van der Waals surface area contributed by atoms with Crippen molar-refractivity contribution < 1.29 is 24.5 Å². The molecule has 0 atom stereocenters. The number of esters is 2. The van der Waals surface area contributed by atoms with E-state index in [9.17, 15) is 19.8 Å². The number of fused-ring (bicyclic) bond motifs is 1. The van der Waals surface area contributed by atoms with Gasteiger partial charge < -0.3 is 14.9 Å². The van der Waals surface area contributed by atoms with Crippen LogP contribution in [0.25, 0.3) is 22.2 Å². The number of pyridine rings is 1. The first-order chi connectivity index (χ1) is 14.0. The summed E-state index contributed by atoms with van der Waals surface area (Å²) in [6.07, 6.45) is 0. The van der Waals surface area contributed by atoms with Crippen LogP contribution in [-0.2, 0) is 4.74 Å². The summed E-state index contributed by atoms with van der Waals surface area (Å²) in [7, 11) is 0. The van der Waals surface area contributed by atoms with Crippen molar-refractivity contribution in [1.82, 2.24) is 4.98 Å². The van der Waals surface area contributed by atoms with Gasteiger partial charge >= 0.3 is 11.9 Å². The molecule has 0 bridgehead atoms. The third-order valence-corrected chi connectivity index (χ3v) is 4.42. The average Bonchev–Trinajstić information content (AvgIpc) is 2.74. The largest absolute Gasteiger partial charge is 0.507 e. The zero-order valence-electron chi connectivity index (χ0n) is 15.1. The topological polar surface area (TPSA) is 96.7 Å². The van der Waals surface area contributed by atoms with Gasteiger partial charge in [0.05, 0.1) is 11.3 Å². The van der Waals surface area contributed by atoms with Crippen molar-refractivity contribution in [2.24, 2.45) is 0 Å². The molecule has 4 rings (SSSR count). The van der Waals surface area contributed by atoms with Crippen LogP contribution >= 0.6 is 0 Å². The molecule has 4 aromatic rings. The smallest absolute Gasteiger partial charge is 0.350 e. The van der Waals surface area contributed by atoms with Gasteiger partial charge in [0.25, 0.3) is 0 Å². The SMILES string of the molecule is O=C(OC(=O)c1c(O)cccc1-c1ccc2cccc(O)c2n1)c1ccccc1. The Morgan fingerprint density at radius 1 is 0.724 bits per heavy atom. The third-order valence-electron chi connectivity index (χ3n) is 4.42. The van der Waals surface area contributed by atoms with Crippen molar-refractivity contribution in [3.8, 4) is 22.8 Å². The maximum atomic E-state index is 12.7. The zero-order valence-corrected chi connectivity index (χ0v) is 15.1. The standard InChI is InChI=1S/C23H15NO5/c25-18-10-5-9-16(17-13-12-14-8-4-11-19(26)21(14)24-17)20(18)23(28)29-22(27)15-6-2-1-3-7-15/h1-13,25-26H. The molecular weight excluding hydrogens is 370 g/mol. The Morgan fingerprint density at radius 3 is 2.24 bits per heavy atom. The molecule has 2 N–H and O–H groups in total. The van der Waals surface area contributed by atoms with Crippen LogP contribution in [0.4, 0.5) is 0 Å². The summed E-state index contributed by atoms with van der Waals surface area (Å²) < 4.78 is 4.96. The summed E-state index contributed by atoms with van der Waals surface area (Å²) in [6.45, 7) is 0. The van der Waals surface area contributed by atoms with Gasteiger partial charge in [-0.25, -0.2) is 14.6 Å². The Kier molecular flexibility index (Phi) is 4.66. The number of aromatic hydroxyl groups is 2. The van der Waals surface area contributed by atoms with Gasteiger partial charge in [-0.15, -0.1) is 0 Å². The van der Waals surface area contributed by atoms with Crippen LogP contribution in [0.15, 0.2) is 78.9 Å². The number of ether oxygens (including phenoxy) is 1. The molecule has 0 saturated carbocycles. The van der Waals surface area contributed by atoms with E-state index in [2.05, 4.69) is 4.98 Å². The molecular formula is C23H15NO5. The fraction of sp³-hybridized carbons (Fsp3) is 0. The predicted molar refractivity (Wildman–Crippen MR) is 107 cm³/mol. The number of hydrogen-bond acceptors (Lipinski definition) is 6. The summed E-state index contributed by atoms with van der Waals surface area (Å²) in [6, 6.07) is 20.9. The molecule has 0 unspecified atom stereocenters. The first kappa shape index (κ1) is 18.2. The number of aromatic nitrogens is 1. The van der Waals surface area contributed by atoms with Gasteiger partial charge in [-0.05, 0) is 30.3 Å². The van der Waals surface area contributed by atoms with E-state index in [4.69, 9.17) is 4.74 Å². The van der Waals surface area contributed by atoms with Gasteiger partial charge in [-0.2, -0.15) is 0 Å². The van der Waals surface area contributed by atoms with Crippen molar-refractivity contribution in [1.29, 1.82) is 0 Å². The highest BCUT2D eigenvalue weighted by Crippen LogP contribution is 2.32. The first-order valence-electron chi connectivity index (χ1n) is 8.77. The van der Waals surface area contributed by atoms with Crippen LogP contribution in [0.3, 0.4) is 0 Å². The van der Waals surface area contributed by atoms with Crippen molar-refractivity contribution in [3.05, 3.63) is 90.0 Å². The van der Waals surface area contributed by atoms with Gasteiger partial charge in [-0.3, -0.25) is 0 Å². The van der Waals surface area contributed by atoms with Crippen LogP contribution in [0.2, 0.25) is 0 Å². The lowest BCUT2D eigenvalue weighted by Gasteiger charge is -2.11. The van der Waals surface area contributed by atoms with E-state index in [0.29, 0.717) is 11.2 Å². The van der Waals surface area contributed by atoms with Crippen LogP contribution in [0.5, 0.6) is 11.5 Å². The molecule has 0 aliphatic rings. The van der Waals surface area contributed by atoms with Crippen molar-refractivity contribution in [2.75, 3.05) is 0 Å². The second kappa shape index (κ2) is 7.44. The van der Waals surface area contributed by atoms with Gasteiger partial charge in [0, 0.05) is 10.9 Å². The lowest BCUT2D eigenvalue weighted by molar-refractivity contribution is 0.0396. The number of rotatable bonds is 3. The Morgan fingerprint density at radius 2 is 1.45 bits per heavy atom. The van der Waals surface area contributed by atoms with Gasteiger partial charge in [0.15, 0.2) is 0 Å². The van der Waals surface area contributed by atoms with Crippen molar-refractivity contribution in [2.45, 2.75) is 0 Å². The van der Waals surface area contributed by atoms with Crippen LogP contribution in [0, 0.1) is 0 Å². The number of nitrogens with zero attached hydrogens (tertiary/aromatic N) is 1. The van der Waals surface area contributed by atoms with E-state index in [1.807, 2.05) is 0 Å². The highest BCUT2D eigenvalue weighted by atomic mass is 16.6. The molecule has 142 valence electrons. The van der Waals surface area contributed by atoms with Crippen LogP contribution in [-0.4, -0.2) is 27.1 Å². The molecule has 0 spiro atoms. The fourth-order valence-electron chi connectivity index (χ4n) is 3.02. The van der Waals surface area contributed by atoms with Gasteiger partial charge in [-0.1, -0.05) is 48.5 Å². The van der Waals surface area contributed by atoms with Crippen molar-refractivity contribution in [3.63, 3.8) is 0 Å². The molecule has 0 saturated heterocycles. The summed E-state index contributed by atoms with van der Waals surface area (Å²) in [5.74, 6) is -2.17. The van der Waals surface area contributed by atoms with E-state index in [-0.39, 0.29) is 28.2 Å². The Bertz CT molecular complexity index is 1230. The van der Waals surface area contributed by atoms with E-state index in [1.54, 1.807) is 54.6 Å². The Hall–Kier alpha value is -4.19. The molecule has 3 aromatic carbocycles. The third kappa shape index (κ3) is 3.51. The summed E-state index contributed by atoms with van der Waals surface area (Å²) in [4.78, 5) is 29.3. The van der Waals surface area contributed by atoms with E-state index in [0.717, 1.165) is 5.39 Å². The fourth-order valence-corrected chi connectivity index (χ4v) is 3.02. The molecule has 6 nitrogen and oxygen atoms in total. The molecule has 0 fully saturated rings. The summed E-state index contributed by atoms with van der Waals surface area (Å²) in [5.41, 5.74) is 1.01. The van der Waals surface area contributed by atoms with Crippen LogP contribution in [0.1, 0.15) is 20.7 Å². The number of para-hydroxylation sites is 1. The van der Waals surface area contributed by atoms with E-state index >= 15 is 0 Å². The molecule has 1 aromatic heterocycles. The predicted octanol–water partition coefficient (Wildman–Crippen LogP) is 4.31. The zero-order chi connectivity index (χ0) is 20.4. The van der Waals surface area contributed by atoms with E-state index < -0.39 is 11.9 Å². The number of carbonyl (C=O) groups is 2. The Balaban J connectivity index is 1.75. The quantitative estimate of drug-likeness (QED) is 0.403.